The van der Waals surface area contributed by atoms with Crippen LogP contribution in [0.4, 0.5) is 14.5 Å². The second-order valence-corrected chi connectivity index (χ2v) is 6.90. The Labute approximate surface area is 156 Å². The van der Waals surface area contributed by atoms with E-state index in [1.807, 2.05) is 24.4 Å². The second-order valence-electron chi connectivity index (χ2n) is 5.18. The minimum absolute atomic E-state index is 0.0214. The first-order valence-electron chi connectivity index (χ1n) is 7.45. The number of hydrogen-bond donors (Lipinski definition) is 1. The lowest BCUT2D eigenvalue weighted by Crippen LogP contribution is -2.22. The van der Waals surface area contributed by atoms with Crippen molar-refractivity contribution in [3.8, 4) is 5.75 Å². The third kappa shape index (κ3) is 4.23. The molecule has 0 unspecified atom stereocenters. The van der Waals surface area contributed by atoms with E-state index in [1.54, 1.807) is 11.3 Å². The molecule has 0 aliphatic heterocycles. The molecule has 10 heteroatoms. The van der Waals surface area contributed by atoms with E-state index in [2.05, 4.69) is 20.3 Å². The summed E-state index contributed by atoms with van der Waals surface area (Å²) >= 11 is 7.12. The van der Waals surface area contributed by atoms with Gasteiger partial charge in [-0.15, -0.1) is 10.2 Å². The van der Waals surface area contributed by atoms with Gasteiger partial charge in [0.05, 0.1) is 10.3 Å². The fourth-order valence-electron chi connectivity index (χ4n) is 2.13. The first-order chi connectivity index (χ1) is 12.4. The van der Waals surface area contributed by atoms with Crippen LogP contribution in [0.3, 0.4) is 0 Å². The van der Waals surface area contributed by atoms with Crippen LogP contribution in [0.2, 0.25) is 5.02 Å². The van der Waals surface area contributed by atoms with Crippen molar-refractivity contribution in [2.24, 2.45) is 0 Å². The van der Waals surface area contributed by atoms with Crippen molar-refractivity contribution in [3.63, 3.8) is 0 Å². The van der Waals surface area contributed by atoms with Gasteiger partial charge in [0.25, 0.3) is 0 Å². The number of amides is 1. The zero-order chi connectivity index (χ0) is 18.7. The Kier molecular flexibility index (Phi) is 5.58. The molecule has 1 amide bonds. The lowest BCUT2D eigenvalue weighted by molar-refractivity contribution is -0.115. The highest BCUT2D eigenvalue weighted by Gasteiger charge is 2.18. The van der Waals surface area contributed by atoms with E-state index in [-0.39, 0.29) is 16.7 Å². The van der Waals surface area contributed by atoms with Crippen molar-refractivity contribution in [1.82, 2.24) is 14.6 Å². The van der Waals surface area contributed by atoms with Gasteiger partial charge >= 0.3 is 6.61 Å². The molecule has 3 aromatic rings. The summed E-state index contributed by atoms with van der Waals surface area (Å²) in [5, 5.41) is 10.9. The number of carbonyl (C=O) groups is 1. The Morgan fingerprint density at radius 3 is 2.85 bits per heavy atom. The van der Waals surface area contributed by atoms with Gasteiger partial charge in [-0.3, -0.25) is 9.20 Å². The molecular weight excluding hydrogens is 386 g/mol. The smallest absolute Gasteiger partial charge is 0.387 e. The molecule has 1 atom stereocenters. The number of rotatable bonds is 6. The van der Waals surface area contributed by atoms with E-state index in [9.17, 15) is 13.6 Å². The van der Waals surface area contributed by atoms with Crippen LogP contribution in [0.1, 0.15) is 6.92 Å². The summed E-state index contributed by atoms with van der Waals surface area (Å²) in [6.45, 7) is -1.25. The zero-order valence-corrected chi connectivity index (χ0v) is 15.0. The Hall–Kier alpha value is -2.39. The van der Waals surface area contributed by atoms with Crippen LogP contribution in [0, 0.1) is 0 Å². The number of hydrogen-bond acceptors (Lipinski definition) is 5. The Morgan fingerprint density at radius 2 is 2.12 bits per heavy atom. The lowest BCUT2D eigenvalue weighted by Gasteiger charge is -2.12. The van der Waals surface area contributed by atoms with Crippen molar-refractivity contribution >= 4 is 40.6 Å². The Morgan fingerprint density at radius 1 is 1.31 bits per heavy atom. The van der Waals surface area contributed by atoms with Gasteiger partial charge in [0, 0.05) is 11.9 Å². The largest absolute Gasteiger partial charge is 0.433 e. The molecule has 26 heavy (non-hydrogen) atoms. The van der Waals surface area contributed by atoms with Gasteiger partial charge in [0.15, 0.2) is 10.8 Å². The number of pyridine rings is 1. The highest BCUT2D eigenvalue weighted by Crippen LogP contribution is 2.29. The second kappa shape index (κ2) is 7.88. The van der Waals surface area contributed by atoms with E-state index in [0.717, 1.165) is 0 Å². The molecular formula is C16H13ClF2N4O2S. The summed E-state index contributed by atoms with van der Waals surface area (Å²) < 4.78 is 30.5. The van der Waals surface area contributed by atoms with Crippen molar-refractivity contribution in [3.05, 3.63) is 47.6 Å². The maximum Gasteiger partial charge on any atom is 0.387 e. The molecule has 2 heterocycles. The standard InChI is InChI=1S/C16H13ClF2N4O2S/c1-9(26-16-22-21-13-4-2-3-7-23(13)16)14(24)20-10-5-6-12(11(17)8-10)25-15(18)19/h2-9,15H,1H3,(H,20,24)/t9-/m0/s1. The monoisotopic (exact) mass is 398 g/mol. The number of ether oxygens (including phenoxy) is 1. The lowest BCUT2D eigenvalue weighted by atomic mass is 10.3. The van der Waals surface area contributed by atoms with Crippen LogP contribution >= 0.6 is 23.4 Å². The number of anilines is 1. The number of aromatic nitrogens is 3. The Balaban J connectivity index is 1.66. The molecule has 1 N–H and O–H groups in total. The molecule has 0 aliphatic carbocycles. The summed E-state index contributed by atoms with van der Waals surface area (Å²) in [5.74, 6) is -0.446. The fourth-order valence-corrected chi connectivity index (χ4v) is 3.19. The van der Waals surface area contributed by atoms with E-state index in [1.165, 1.54) is 30.0 Å². The van der Waals surface area contributed by atoms with E-state index in [0.29, 0.717) is 16.5 Å². The molecule has 0 bridgehead atoms. The molecule has 0 saturated heterocycles. The molecule has 136 valence electrons. The number of benzene rings is 1. The average molecular weight is 399 g/mol. The number of fused-ring (bicyclic) bond motifs is 1. The van der Waals surface area contributed by atoms with Crippen LogP contribution in [0.25, 0.3) is 5.65 Å². The summed E-state index contributed by atoms with van der Waals surface area (Å²) in [4.78, 5) is 12.4. The highest BCUT2D eigenvalue weighted by molar-refractivity contribution is 8.00. The SMILES string of the molecule is C[C@H](Sc1nnc2ccccn12)C(=O)Nc1ccc(OC(F)F)c(Cl)c1. The minimum atomic E-state index is -2.97. The summed E-state index contributed by atoms with van der Waals surface area (Å²) in [7, 11) is 0. The number of nitrogens with zero attached hydrogens (tertiary/aromatic N) is 3. The van der Waals surface area contributed by atoms with Gasteiger partial charge in [-0.2, -0.15) is 8.78 Å². The molecule has 0 spiro atoms. The van der Waals surface area contributed by atoms with E-state index < -0.39 is 11.9 Å². The van der Waals surface area contributed by atoms with Gasteiger partial charge in [-0.1, -0.05) is 29.4 Å². The maximum absolute atomic E-state index is 12.4. The van der Waals surface area contributed by atoms with Crippen LogP contribution in [-0.2, 0) is 4.79 Å². The average Bonchev–Trinajstić information content (AvgIpc) is 3.00. The minimum Gasteiger partial charge on any atom is -0.433 e. The molecule has 6 nitrogen and oxygen atoms in total. The summed E-state index contributed by atoms with van der Waals surface area (Å²) in [6, 6.07) is 9.56. The van der Waals surface area contributed by atoms with Crippen LogP contribution in [-0.4, -0.2) is 32.4 Å². The quantitative estimate of drug-likeness (QED) is 0.633. The molecule has 2 aromatic heterocycles. The molecule has 0 radical (unpaired) electrons. The third-order valence-corrected chi connectivity index (χ3v) is 4.70. The number of carbonyl (C=O) groups excluding carboxylic acids is 1. The number of nitrogens with one attached hydrogen (secondary N) is 1. The normalized spacial score (nSPS) is 12.3. The molecule has 1 aromatic carbocycles. The van der Waals surface area contributed by atoms with Crippen LogP contribution in [0.15, 0.2) is 47.8 Å². The number of thioether (sulfide) groups is 1. The first kappa shape index (κ1) is 18.4. The van der Waals surface area contributed by atoms with Crippen LogP contribution in [0.5, 0.6) is 5.75 Å². The molecule has 0 aliphatic rings. The van der Waals surface area contributed by atoms with Crippen LogP contribution < -0.4 is 10.1 Å². The first-order valence-corrected chi connectivity index (χ1v) is 8.71. The molecule has 3 rings (SSSR count). The third-order valence-electron chi connectivity index (χ3n) is 3.35. The van der Waals surface area contributed by atoms with Crippen molar-refractivity contribution < 1.29 is 18.3 Å². The van der Waals surface area contributed by atoms with Gasteiger partial charge in [0.1, 0.15) is 5.75 Å². The van der Waals surface area contributed by atoms with Crippen molar-refractivity contribution in [1.29, 1.82) is 0 Å². The number of halogens is 3. The van der Waals surface area contributed by atoms with Gasteiger partial charge in [-0.05, 0) is 37.3 Å². The van der Waals surface area contributed by atoms with Crippen molar-refractivity contribution in [2.75, 3.05) is 5.32 Å². The summed E-state index contributed by atoms with van der Waals surface area (Å²) in [6.07, 6.45) is 1.81. The molecule has 0 fully saturated rings. The Bertz CT molecular complexity index is 938. The predicted octanol–water partition coefficient (Wildman–Crippen LogP) is 4.10. The molecule has 0 saturated carbocycles. The maximum atomic E-state index is 12.4. The van der Waals surface area contributed by atoms with Gasteiger partial charge < -0.3 is 10.1 Å². The van der Waals surface area contributed by atoms with E-state index >= 15 is 0 Å². The fraction of sp³-hybridized carbons (Fsp3) is 0.188. The predicted molar refractivity (Wildman–Crippen MR) is 95.0 cm³/mol. The topological polar surface area (TPSA) is 68.5 Å². The highest BCUT2D eigenvalue weighted by atomic mass is 35.5. The van der Waals surface area contributed by atoms with Gasteiger partial charge in [-0.25, -0.2) is 0 Å². The van der Waals surface area contributed by atoms with E-state index in [4.69, 9.17) is 11.6 Å². The van der Waals surface area contributed by atoms with Gasteiger partial charge in [0.2, 0.25) is 5.91 Å². The number of alkyl halides is 2. The summed E-state index contributed by atoms with van der Waals surface area (Å²) in [5.41, 5.74) is 1.06. The van der Waals surface area contributed by atoms with Crippen molar-refractivity contribution in [2.45, 2.75) is 23.9 Å². The zero-order valence-electron chi connectivity index (χ0n) is 13.4.